The lowest BCUT2D eigenvalue weighted by atomic mass is 10.2. The molecule has 7 nitrogen and oxygen atoms in total. The summed E-state index contributed by atoms with van der Waals surface area (Å²) in [7, 11) is 0. The summed E-state index contributed by atoms with van der Waals surface area (Å²) in [4.78, 5) is 33.4. The fourth-order valence-electron chi connectivity index (χ4n) is 1.30. The normalized spacial score (nSPS) is 9.95. The number of pyridine rings is 1. The number of carboxylic acids is 1. The average Bonchev–Trinajstić information content (AvgIpc) is 2.39. The van der Waals surface area contributed by atoms with Gasteiger partial charge in [-0.3, -0.25) is 9.78 Å². The van der Waals surface area contributed by atoms with E-state index in [1.165, 1.54) is 12.4 Å². The number of nitrogens with one attached hydrogen (secondary N) is 1. The Morgan fingerprint density at radius 3 is 2.63 bits per heavy atom. The van der Waals surface area contributed by atoms with Crippen LogP contribution in [0.3, 0.4) is 0 Å². The number of nitrogens with zero attached hydrogens (tertiary/aromatic N) is 3. The second kappa shape index (κ2) is 5.17. The second-order valence-corrected chi connectivity index (χ2v) is 3.40. The van der Waals surface area contributed by atoms with Crippen molar-refractivity contribution in [3.05, 3.63) is 47.9 Å². The molecule has 0 bridgehead atoms. The SMILES string of the molecule is O=C(Nc1nccnc1C(=O)O)c1cncc(F)c1. The van der Waals surface area contributed by atoms with Gasteiger partial charge in [-0.1, -0.05) is 0 Å². The van der Waals surface area contributed by atoms with Crippen molar-refractivity contribution < 1.29 is 19.1 Å². The van der Waals surface area contributed by atoms with Gasteiger partial charge in [-0.05, 0) is 6.07 Å². The molecular formula is C11H7FN4O3. The largest absolute Gasteiger partial charge is 0.476 e. The molecule has 0 radical (unpaired) electrons. The number of anilines is 1. The summed E-state index contributed by atoms with van der Waals surface area (Å²) in [6.07, 6.45) is 4.51. The third kappa shape index (κ3) is 2.86. The van der Waals surface area contributed by atoms with Crippen LogP contribution in [0, 0.1) is 5.82 Å². The fourth-order valence-corrected chi connectivity index (χ4v) is 1.30. The first-order chi connectivity index (χ1) is 9.08. The zero-order valence-electron chi connectivity index (χ0n) is 9.37. The zero-order valence-corrected chi connectivity index (χ0v) is 9.37. The molecule has 0 spiro atoms. The van der Waals surface area contributed by atoms with Crippen LogP contribution >= 0.6 is 0 Å². The van der Waals surface area contributed by atoms with E-state index in [1.807, 2.05) is 0 Å². The van der Waals surface area contributed by atoms with Crippen molar-refractivity contribution in [2.45, 2.75) is 0 Å². The van der Waals surface area contributed by atoms with Crippen LogP contribution in [0.4, 0.5) is 10.2 Å². The second-order valence-electron chi connectivity index (χ2n) is 3.40. The van der Waals surface area contributed by atoms with Gasteiger partial charge >= 0.3 is 5.97 Å². The topological polar surface area (TPSA) is 105 Å². The summed E-state index contributed by atoms with van der Waals surface area (Å²) in [6.45, 7) is 0. The lowest BCUT2D eigenvalue weighted by Gasteiger charge is -2.05. The molecule has 0 aliphatic carbocycles. The number of hydrogen-bond donors (Lipinski definition) is 2. The molecule has 0 aliphatic rings. The van der Waals surface area contributed by atoms with Gasteiger partial charge in [-0.2, -0.15) is 0 Å². The van der Waals surface area contributed by atoms with Gasteiger partial charge in [0.15, 0.2) is 11.5 Å². The average molecular weight is 262 g/mol. The molecule has 0 aliphatic heterocycles. The van der Waals surface area contributed by atoms with E-state index in [0.717, 1.165) is 18.5 Å². The van der Waals surface area contributed by atoms with E-state index in [4.69, 9.17) is 5.11 Å². The summed E-state index contributed by atoms with van der Waals surface area (Å²) in [5, 5.41) is 11.1. The first-order valence-electron chi connectivity index (χ1n) is 5.04. The molecule has 2 N–H and O–H groups in total. The molecule has 0 aromatic carbocycles. The van der Waals surface area contributed by atoms with Gasteiger partial charge < -0.3 is 10.4 Å². The molecular weight excluding hydrogens is 255 g/mol. The van der Waals surface area contributed by atoms with Crippen LogP contribution in [-0.2, 0) is 0 Å². The first-order valence-corrected chi connectivity index (χ1v) is 5.04. The summed E-state index contributed by atoms with van der Waals surface area (Å²) in [5.74, 6) is -2.95. The van der Waals surface area contributed by atoms with Crippen LogP contribution in [0.1, 0.15) is 20.8 Å². The molecule has 2 aromatic heterocycles. The number of carboxylic acid groups (broad SMARTS) is 1. The number of aromatic carboxylic acids is 1. The van der Waals surface area contributed by atoms with Crippen LogP contribution < -0.4 is 5.32 Å². The van der Waals surface area contributed by atoms with Crippen molar-refractivity contribution in [2.24, 2.45) is 0 Å². The Kier molecular flexibility index (Phi) is 3.42. The van der Waals surface area contributed by atoms with Crippen LogP contribution in [0.25, 0.3) is 0 Å². The van der Waals surface area contributed by atoms with E-state index in [-0.39, 0.29) is 11.4 Å². The highest BCUT2D eigenvalue weighted by Gasteiger charge is 2.16. The van der Waals surface area contributed by atoms with Crippen LogP contribution in [-0.4, -0.2) is 31.9 Å². The van der Waals surface area contributed by atoms with Crippen molar-refractivity contribution in [3.8, 4) is 0 Å². The van der Waals surface area contributed by atoms with Gasteiger partial charge in [-0.15, -0.1) is 0 Å². The minimum Gasteiger partial charge on any atom is -0.476 e. The molecule has 2 aromatic rings. The Hall–Kier alpha value is -2.90. The summed E-state index contributed by atoms with van der Waals surface area (Å²) < 4.78 is 12.9. The van der Waals surface area contributed by atoms with E-state index < -0.39 is 23.4 Å². The van der Waals surface area contributed by atoms with Gasteiger partial charge in [0.2, 0.25) is 0 Å². The molecule has 0 unspecified atom stereocenters. The maximum atomic E-state index is 12.9. The standard InChI is InChI=1S/C11H7FN4O3/c12-7-3-6(4-13-5-7)10(17)16-9-8(11(18)19)14-1-2-15-9/h1-5H,(H,18,19)(H,15,16,17). The van der Waals surface area contributed by atoms with E-state index in [0.29, 0.717) is 0 Å². The smallest absolute Gasteiger partial charge is 0.358 e. The highest BCUT2D eigenvalue weighted by Crippen LogP contribution is 2.10. The van der Waals surface area contributed by atoms with Crippen molar-refractivity contribution in [1.29, 1.82) is 0 Å². The van der Waals surface area contributed by atoms with Crippen LogP contribution in [0.5, 0.6) is 0 Å². The quantitative estimate of drug-likeness (QED) is 0.853. The summed E-state index contributed by atoms with van der Waals surface area (Å²) >= 11 is 0. The monoisotopic (exact) mass is 262 g/mol. The molecule has 96 valence electrons. The number of hydrogen-bond acceptors (Lipinski definition) is 5. The Balaban J connectivity index is 2.27. The maximum absolute atomic E-state index is 12.9. The number of rotatable bonds is 3. The maximum Gasteiger partial charge on any atom is 0.358 e. The predicted octanol–water partition coefficient (Wildman–Crippen LogP) is 0.961. The number of amides is 1. The van der Waals surface area contributed by atoms with Crippen molar-refractivity contribution in [2.75, 3.05) is 5.32 Å². The van der Waals surface area contributed by atoms with Crippen molar-refractivity contribution in [3.63, 3.8) is 0 Å². The molecule has 19 heavy (non-hydrogen) atoms. The minimum atomic E-state index is -1.33. The Labute approximate surface area is 106 Å². The number of carbonyl (C=O) groups excluding carboxylic acids is 1. The molecule has 0 saturated heterocycles. The highest BCUT2D eigenvalue weighted by molar-refractivity contribution is 6.06. The fraction of sp³-hybridized carbons (Fsp3) is 0. The molecule has 0 saturated carbocycles. The highest BCUT2D eigenvalue weighted by atomic mass is 19.1. The number of aromatic nitrogens is 3. The molecule has 1 amide bonds. The number of carbonyl (C=O) groups is 2. The molecule has 0 fully saturated rings. The third-order valence-corrected chi connectivity index (χ3v) is 2.10. The molecule has 2 rings (SSSR count). The van der Waals surface area contributed by atoms with E-state index in [2.05, 4.69) is 20.3 Å². The van der Waals surface area contributed by atoms with Gasteiger partial charge in [0.25, 0.3) is 5.91 Å². The zero-order chi connectivity index (χ0) is 13.8. The molecule has 8 heteroatoms. The van der Waals surface area contributed by atoms with Crippen LogP contribution in [0.2, 0.25) is 0 Å². The van der Waals surface area contributed by atoms with Gasteiger partial charge in [-0.25, -0.2) is 19.2 Å². The Morgan fingerprint density at radius 1 is 1.21 bits per heavy atom. The molecule has 2 heterocycles. The summed E-state index contributed by atoms with van der Waals surface area (Å²) in [5.41, 5.74) is -0.456. The summed E-state index contributed by atoms with van der Waals surface area (Å²) in [6, 6.07) is 0.971. The third-order valence-electron chi connectivity index (χ3n) is 2.10. The van der Waals surface area contributed by atoms with Gasteiger partial charge in [0, 0.05) is 18.6 Å². The van der Waals surface area contributed by atoms with Crippen molar-refractivity contribution in [1.82, 2.24) is 15.0 Å². The lowest BCUT2D eigenvalue weighted by Crippen LogP contribution is -2.17. The van der Waals surface area contributed by atoms with E-state index in [9.17, 15) is 14.0 Å². The molecule has 0 atom stereocenters. The minimum absolute atomic E-state index is 0.0537. The van der Waals surface area contributed by atoms with Crippen LogP contribution in [0.15, 0.2) is 30.9 Å². The van der Waals surface area contributed by atoms with Gasteiger partial charge in [0.1, 0.15) is 5.82 Å². The van der Waals surface area contributed by atoms with E-state index >= 15 is 0 Å². The van der Waals surface area contributed by atoms with Gasteiger partial charge in [0.05, 0.1) is 11.8 Å². The Morgan fingerprint density at radius 2 is 1.95 bits per heavy atom. The lowest BCUT2D eigenvalue weighted by molar-refractivity contribution is 0.0691. The van der Waals surface area contributed by atoms with E-state index in [1.54, 1.807) is 0 Å². The number of halogens is 1. The van der Waals surface area contributed by atoms with Crippen molar-refractivity contribution >= 4 is 17.7 Å². The Bertz CT molecular complexity index is 647. The predicted molar refractivity (Wildman–Crippen MR) is 61.1 cm³/mol. The first kappa shape index (κ1) is 12.6.